The second-order valence-electron chi connectivity index (χ2n) is 6.42. The highest BCUT2D eigenvalue weighted by Crippen LogP contribution is 2.38. The SMILES string of the molecule is CC(CO)C(C)NC(=O)c1cc(F)ccc1NC(=O)C1CC1C. The van der Waals surface area contributed by atoms with E-state index in [0.717, 1.165) is 12.5 Å². The molecule has 2 rings (SSSR count). The second kappa shape index (κ2) is 7.08. The molecule has 0 aliphatic heterocycles. The van der Waals surface area contributed by atoms with Crippen molar-refractivity contribution in [2.24, 2.45) is 17.8 Å². The summed E-state index contributed by atoms with van der Waals surface area (Å²) in [5.74, 6) is -0.984. The Morgan fingerprint density at radius 1 is 1.39 bits per heavy atom. The van der Waals surface area contributed by atoms with Gasteiger partial charge in [0.15, 0.2) is 0 Å². The lowest BCUT2D eigenvalue weighted by atomic mass is 10.0. The van der Waals surface area contributed by atoms with Crippen LogP contribution in [0.25, 0.3) is 0 Å². The molecule has 2 amide bonds. The van der Waals surface area contributed by atoms with Crippen molar-refractivity contribution in [1.29, 1.82) is 0 Å². The third-order valence-corrected chi connectivity index (χ3v) is 4.43. The number of benzene rings is 1. The molecule has 1 aromatic carbocycles. The van der Waals surface area contributed by atoms with E-state index in [1.54, 1.807) is 13.8 Å². The molecule has 5 nitrogen and oxygen atoms in total. The predicted octanol–water partition coefficient (Wildman–Crippen LogP) is 2.17. The standard InChI is InChI=1S/C17H23FN2O3/c1-9-6-13(9)16(22)20-15-5-4-12(18)7-14(15)17(23)19-11(3)10(2)8-21/h4-5,7,9-11,13,21H,6,8H2,1-3H3,(H,19,23)(H,20,22). The molecule has 0 aromatic heterocycles. The zero-order valence-corrected chi connectivity index (χ0v) is 13.6. The molecule has 0 spiro atoms. The van der Waals surface area contributed by atoms with Gasteiger partial charge in [0.2, 0.25) is 5.91 Å². The molecule has 0 bridgehead atoms. The highest BCUT2D eigenvalue weighted by molar-refractivity contribution is 6.04. The number of rotatable bonds is 6. The number of amides is 2. The summed E-state index contributed by atoms with van der Waals surface area (Å²) in [6.07, 6.45) is 0.833. The van der Waals surface area contributed by atoms with Crippen molar-refractivity contribution in [3.8, 4) is 0 Å². The number of hydrogen-bond donors (Lipinski definition) is 3. The lowest BCUT2D eigenvalue weighted by Crippen LogP contribution is -2.38. The van der Waals surface area contributed by atoms with Gasteiger partial charge < -0.3 is 15.7 Å². The fourth-order valence-electron chi connectivity index (χ4n) is 2.31. The Kier molecular flexibility index (Phi) is 5.36. The van der Waals surface area contributed by atoms with E-state index in [4.69, 9.17) is 5.11 Å². The van der Waals surface area contributed by atoms with E-state index in [0.29, 0.717) is 11.6 Å². The molecule has 1 saturated carbocycles. The minimum absolute atomic E-state index is 0.0377. The van der Waals surface area contributed by atoms with Gasteiger partial charge in [0.1, 0.15) is 5.82 Å². The Balaban J connectivity index is 2.14. The molecule has 1 fully saturated rings. The van der Waals surface area contributed by atoms with Crippen LogP contribution in [-0.4, -0.2) is 29.6 Å². The Morgan fingerprint density at radius 2 is 2.04 bits per heavy atom. The maximum Gasteiger partial charge on any atom is 0.253 e. The summed E-state index contributed by atoms with van der Waals surface area (Å²) in [5.41, 5.74) is 0.389. The quantitative estimate of drug-likeness (QED) is 0.751. The van der Waals surface area contributed by atoms with E-state index in [1.165, 1.54) is 12.1 Å². The van der Waals surface area contributed by atoms with Crippen molar-refractivity contribution in [3.63, 3.8) is 0 Å². The van der Waals surface area contributed by atoms with Crippen LogP contribution in [0.5, 0.6) is 0 Å². The lowest BCUT2D eigenvalue weighted by molar-refractivity contribution is -0.117. The van der Waals surface area contributed by atoms with Gasteiger partial charge in [-0.1, -0.05) is 13.8 Å². The number of nitrogens with one attached hydrogen (secondary N) is 2. The number of hydrogen-bond acceptors (Lipinski definition) is 3. The van der Waals surface area contributed by atoms with Gasteiger partial charge in [0.25, 0.3) is 5.91 Å². The van der Waals surface area contributed by atoms with Gasteiger partial charge in [0, 0.05) is 18.6 Å². The number of anilines is 1. The Bertz CT molecular complexity index is 606. The molecular formula is C17H23FN2O3. The maximum atomic E-state index is 13.5. The van der Waals surface area contributed by atoms with E-state index in [-0.39, 0.29) is 36.0 Å². The van der Waals surface area contributed by atoms with Crippen molar-refractivity contribution < 1.29 is 19.1 Å². The molecule has 4 atom stereocenters. The van der Waals surface area contributed by atoms with Gasteiger partial charge in [-0.25, -0.2) is 4.39 Å². The van der Waals surface area contributed by atoms with Crippen LogP contribution in [0.1, 0.15) is 37.6 Å². The van der Waals surface area contributed by atoms with Crippen LogP contribution in [0.2, 0.25) is 0 Å². The molecule has 1 aromatic rings. The number of aliphatic hydroxyl groups excluding tert-OH is 1. The number of halogens is 1. The summed E-state index contributed by atoms with van der Waals surface area (Å²) >= 11 is 0. The predicted molar refractivity (Wildman–Crippen MR) is 85.5 cm³/mol. The van der Waals surface area contributed by atoms with Gasteiger partial charge in [0.05, 0.1) is 11.3 Å². The topological polar surface area (TPSA) is 78.4 Å². The monoisotopic (exact) mass is 322 g/mol. The highest BCUT2D eigenvalue weighted by atomic mass is 19.1. The average molecular weight is 322 g/mol. The second-order valence-corrected chi connectivity index (χ2v) is 6.42. The average Bonchev–Trinajstić information content (AvgIpc) is 3.25. The van der Waals surface area contributed by atoms with Crippen LogP contribution in [0.15, 0.2) is 18.2 Å². The minimum atomic E-state index is -0.546. The van der Waals surface area contributed by atoms with Crippen LogP contribution < -0.4 is 10.6 Å². The van der Waals surface area contributed by atoms with Crippen molar-refractivity contribution in [3.05, 3.63) is 29.6 Å². The van der Waals surface area contributed by atoms with Gasteiger partial charge in [-0.3, -0.25) is 9.59 Å². The molecule has 1 aliphatic carbocycles. The van der Waals surface area contributed by atoms with Crippen molar-refractivity contribution >= 4 is 17.5 Å². The summed E-state index contributed by atoms with van der Waals surface area (Å²) in [6, 6.07) is 3.44. The molecule has 126 valence electrons. The largest absolute Gasteiger partial charge is 0.396 e. The van der Waals surface area contributed by atoms with E-state index in [9.17, 15) is 14.0 Å². The zero-order chi connectivity index (χ0) is 17.1. The zero-order valence-electron chi connectivity index (χ0n) is 13.6. The Morgan fingerprint density at radius 3 is 2.61 bits per heavy atom. The fraction of sp³-hybridized carbons (Fsp3) is 0.529. The normalized spacial score (nSPS) is 22.1. The molecule has 0 saturated heterocycles. The van der Waals surface area contributed by atoms with E-state index in [1.807, 2.05) is 6.92 Å². The van der Waals surface area contributed by atoms with E-state index < -0.39 is 11.7 Å². The van der Waals surface area contributed by atoms with Crippen LogP contribution >= 0.6 is 0 Å². The third-order valence-electron chi connectivity index (χ3n) is 4.43. The summed E-state index contributed by atoms with van der Waals surface area (Å²) in [5, 5.41) is 14.6. The molecule has 23 heavy (non-hydrogen) atoms. The van der Waals surface area contributed by atoms with Crippen molar-refractivity contribution in [2.75, 3.05) is 11.9 Å². The number of carbonyl (C=O) groups is 2. The molecule has 4 unspecified atom stereocenters. The Hall–Kier alpha value is -1.95. The summed E-state index contributed by atoms with van der Waals surface area (Å²) in [4.78, 5) is 24.4. The van der Waals surface area contributed by atoms with Gasteiger partial charge in [-0.2, -0.15) is 0 Å². The van der Waals surface area contributed by atoms with Gasteiger partial charge in [-0.05, 0) is 43.4 Å². The van der Waals surface area contributed by atoms with Crippen molar-refractivity contribution in [2.45, 2.75) is 33.2 Å². The van der Waals surface area contributed by atoms with E-state index in [2.05, 4.69) is 10.6 Å². The minimum Gasteiger partial charge on any atom is -0.396 e. The first-order chi connectivity index (χ1) is 10.8. The maximum absolute atomic E-state index is 13.5. The molecular weight excluding hydrogens is 299 g/mol. The molecule has 6 heteroatoms. The van der Waals surface area contributed by atoms with Gasteiger partial charge in [-0.15, -0.1) is 0 Å². The van der Waals surface area contributed by atoms with E-state index >= 15 is 0 Å². The summed E-state index contributed by atoms with van der Waals surface area (Å²) < 4.78 is 13.5. The first-order valence-electron chi connectivity index (χ1n) is 7.85. The smallest absolute Gasteiger partial charge is 0.253 e. The Labute approximate surface area is 135 Å². The van der Waals surface area contributed by atoms with Gasteiger partial charge >= 0.3 is 0 Å². The summed E-state index contributed by atoms with van der Waals surface area (Å²) in [7, 11) is 0. The number of aliphatic hydroxyl groups is 1. The van der Waals surface area contributed by atoms with Crippen LogP contribution in [-0.2, 0) is 4.79 Å². The number of carbonyl (C=O) groups excluding carboxylic acids is 2. The highest BCUT2D eigenvalue weighted by Gasteiger charge is 2.39. The first kappa shape index (κ1) is 17.4. The summed E-state index contributed by atoms with van der Waals surface area (Å²) in [6.45, 7) is 5.49. The fourth-order valence-corrected chi connectivity index (χ4v) is 2.31. The first-order valence-corrected chi connectivity index (χ1v) is 7.85. The molecule has 0 radical (unpaired) electrons. The molecule has 1 aliphatic rings. The lowest BCUT2D eigenvalue weighted by Gasteiger charge is -2.20. The molecule has 3 N–H and O–H groups in total. The third kappa shape index (κ3) is 4.28. The van der Waals surface area contributed by atoms with Crippen LogP contribution in [0.3, 0.4) is 0 Å². The van der Waals surface area contributed by atoms with Crippen LogP contribution in [0, 0.1) is 23.6 Å². The molecule has 0 heterocycles. The van der Waals surface area contributed by atoms with Crippen LogP contribution in [0.4, 0.5) is 10.1 Å². The van der Waals surface area contributed by atoms with Crippen molar-refractivity contribution in [1.82, 2.24) is 5.32 Å².